The molecule has 0 fully saturated rings. The Morgan fingerprint density at radius 1 is 1.14 bits per heavy atom. The van der Waals surface area contributed by atoms with E-state index in [1.807, 2.05) is 0 Å². The van der Waals surface area contributed by atoms with E-state index < -0.39 is 19.0 Å². The molecule has 4 N–H and O–H groups in total. The fraction of sp³-hybridized carbons (Fsp3) is 0. The van der Waals surface area contributed by atoms with Crippen LogP contribution in [0.3, 0.4) is 0 Å². The molecule has 0 amide bonds. The quantitative estimate of drug-likeness (QED) is 0.442. The molecule has 0 aromatic heterocycles. The molecule has 0 aliphatic heterocycles. The first-order chi connectivity index (χ1) is 2.00. The molecule has 0 aliphatic carbocycles. The standard InChI is InChI=1S/K.H2O4Te.H2O.H/c;1-5(2,3)4;;/h;(H2,1,2,3,4);1H2;. The maximum absolute atomic E-state index is 8.85. The molecule has 0 saturated heterocycles. The van der Waals surface area contributed by atoms with Crippen LogP contribution in [-0.2, 0) is 6.21 Å². The van der Waals surface area contributed by atoms with E-state index in [0.717, 1.165) is 0 Å². The third kappa shape index (κ3) is 75.9. The summed E-state index contributed by atoms with van der Waals surface area (Å²) in [6.45, 7) is 0. The fourth-order valence-corrected chi connectivity index (χ4v) is 0. The van der Waals surface area contributed by atoms with Crippen molar-refractivity contribution in [2.45, 2.75) is 0 Å². The van der Waals surface area contributed by atoms with Crippen LogP contribution in [0.1, 0.15) is 0 Å². The van der Waals surface area contributed by atoms with Crippen LogP contribution in [0.5, 0.6) is 0 Å². The van der Waals surface area contributed by atoms with E-state index in [1.165, 1.54) is 0 Å². The van der Waals surface area contributed by atoms with Gasteiger partial charge in [-0.3, -0.25) is 0 Å². The predicted molar refractivity (Wildman–Crippen MR) is 22.3 cm³/mol. The Morgan fingerprint density at radius 2 is 1.14 bits per heavy atom. The first-order valence-electron chi connectivity index (χ1n) is 0.698. The van der Waals surface area contributed by atoms with Crippen molar-refractivity contribution >= 4 is 70.4 Å². The summed E-state index contributed by atoms with van der Waals surface area (Å²) in [5, 5.41) is 0. The van der Waals surface area contributed by atoms with Gasteiger partial charge < -0.3 is 5.48 Å². The maximum atomic E-state index is 8.85. The summed E-state index contributed by atoms with van der Waals surface area (Å²) in [6, 6.07) is 0. The Kier molecular flexibility index (Phi) is 13.8. The number of rotatable bonds is 0. The van der Waals surface area contributed by atoms with Gasteiger partial charge in [-0.05, 0) is 0 Å². The van der Waals surface area contributed by atoms with Crippen molar-refractivity contribution in [3.63, 3.8) is 0 Å². The molecular weight excluding hydrogens is 247 g/mol. The second-order valence-electron chi connectivity index (χ2n) is 0.448. The van der Waals surface area contributed by atoms with Crippen molar-refractivity contribution in [1.82, 2.24) is 0 Å². The van der Waals surface area contributed by atoms with Crippen molar-refractivity contribution < 1.29 is 18.6 Å². The van der Waals surface area contributed by atoms with Gasteiger partial charge in [-0.15, -0.1) is 0 Å². The first kappa shape index (κ1) is 16.0. The summed E-state index contributed by atoms with van der Waals surface area (Å²) in [5.74, 6) is 0. The van der Waals surface area contributed by atoms with E-state index >= 15 is 0 Å². The summed E-state index contributed by atoms with van der Waals surface area (Å²) in [4.78, 5) is 0. The Hall–Kier alpha value is 1.91. The molecule has 42 valence electrons. The molecule has 7 heteroatoms. The summed E-state index contributed by atoms with van der Waals surface area (Å²) >= 11 is -5.52. The van der Waals surface area contributed by atoms with Gasteiger partial charge in [-0.1, -0.05) is 0 Å². The number of hydrogen-bond donors (Lipinski definition) is 2. The third-order valence-electron chi connectivity index (χ3n) is 0. The average Bonchev–Trinajstić information content (AvgIpc) is 0.722. The molecule has 0 aromatic carbocycles. The van der Waals surface area contributed by atoms with Crippen LogP contribution >= 0.6 is 0 Å². The molecule has 5 nitrogen and oxygen atoms in total. The Labute approximate surface area is 87.1 Å². The van der Waals surface area contributed by atoms with Crippen LogP contribution in [0.4, 0.5) is 0 Å². The molecule has 0 spiro atoms. The van der Waals surface area contributed by atoms with Gasteiger partial charge >= 0.3 is 83.5 Å². The minimum absolute atomic E-state index is 0. The summed E-state index contributed by atoms with van der Waals surface area (Å²) in [5.41, 5.74) is 0. The molecular formula is H5KO5Te. The van der Waals surface area contributed by atoms with Crippen LogP contribution in [0.2, 0.25) is 0 Å². The molecule has 7 heavy (non-hydrogen) atoms. The van der Waals surface area contributed by atoms with E-state index in [9.17, 15) is 0 Å². The molecule has 0 unspecified atom stereocenters. The van der Waals surface area contributed by atoms with Crippen LogP contribution in [-0.4, -0.2) is 82.8 Å². The van der Waals surface area contributed by atoms with Crippen molar-refractivity contribution in [2.75, 3.05) is 0 Å². The molecule has 0 heterocycles. The van der Waals surface area contributed by atoms with Gasteiger partial charge in [0.2, 0.25) is 0 Å². The van der Waals surface area contributed by atoms with E-state index in [1.54, 1.807) is 0 Å². The van der Waals surface area contributed by atoms with Gasteiger partial charge in [0, 0.05) is 0 Å². The zero-order chi connectivity index (χ0) is 4.50. The molecule has 0 radical (unpaired) electrons. The van der Waals surface area contributed by atoms with Crippen molar-refractivity contribution in [2.24, 2.45) is 0 Å². The summed E-state index contributed by atoms with van der Waals surface area (Å²) in [7, 11) is 0. The third-order valence-corrected chi connectivity index (χ3v) is 0. The van der Waals surface area contributed by atoms with Crippen LogP contribution in [0.25, 0.3) is 0 Å². The van der Waals surface area contributed by atoms with Crippen molar-refractivity contribution in [3.8, 4) is 0 Å². The van der Waals surface area contributed by atoms with Gasteiger partial charge in [0.05, 0.1) is 0 Å². The normalized spacial score (nSPS) is 8.29. The summed E-state index contributed by atoms with van der Waals surface area (Å²) in [6.07, 6.45) is 0. The molecule has 0 rings (SSSR count). The molecule has 0 saturated carbocycles. The van der Waals surface area contributed by atoms with E-state index in [-0.39, 0.29) is 56.9 Å². The molecule has 0 aromatic rings. The molecule has 0 aliphatic rings. The van der Waals surface area contributed by atoms with Gasteiger partial charge in [0.15, 0.2) is 0 Å². The fourth-order valence-electron chi connectivity index (χ4n) is 0. The van der Waals surface area contributed by atoms with E-state index in [0.29, 0.717) is 0 Å². The molecule has 0 atom stereocenters. The van der Waals surface area contributed by atoms with Crippen LogP contribution in [0.15, 0.2) is 0 Å². The van der Waals surface area contributed by atoms with Gasteiger partial charge in [-0.2, -0.15) is 0 Å². The predicted octanol–water partition coefficient (Wildman–Crippen LogP) is -3.21. The second kappa shape index (κ2) is 6.03. The SMILES string of the molecule is O.O=[Te](=O)(O)O.[KH]. The average molecular weight is 252 g/mol. The van der Waals surface area contributed by atoms with E-state index in [2.05, 4.69) is 0 Å². The Balaban J connectivity index is -0.0000000800. The number of hydrogen-bond acceptors (Lipinski definition) is 2. The van der Waals surface area contributed by atoms with E-state index in [4.69, 9.17) is 13.2 Å². The Bertz CT molecular complexity index is 91.2. The minimum atomic E-state index is -5.52. The first-order valence-corrected chi connectivity index (χ1v) is 4.69. The van der Waals surface area contributed by atoms with Gasteiger partial charge in [0.1, 0.15) is 0 Å². The topological polar surface area (TPSA) is 106 Å². The molecule has 0 bridgehead atoms. The zero-order valence-corrected chi connectivity index (χ0v) is 4.95. The van der Waals surface area contributed by atoms with Crippen molar-refractivity contribution in [3.05, 3.63) is 0 Å². The van der Waals surface area contributed by atoms with Gasteiger partial charge in [-0.25, -0.2) is 0 Å². The van der Waals surface area contributed by atoms with Gasteiger partial charge in [0.25, 0.3) is 0 Å². The van der Waals surface area contributed by atoms with Crippen molar-refractivity contribution in [1.29, 1.82) is 0 Å². The zero-order valence-electron chi connectivity index (χ0n) is 2.62. The van der Waals surface area contributed by atoms with Crippen LogP contribution < -0.4 is 0 Å². The summed E-state index contributed by atoms with van der Waals surface area (Å²) < 4.78 is 32.0. The Morgan fingerprint density at radius 3 is 1.14 bits per heavy atom. The second-order valence-corrected chi connectivity index (χ2v) is 3.00. The van der Waals surface area contributed by atoms with Crippen LogP contribution in [0, 0.1) is 0 Å². The monoisotopic (exact) mass is 254 g/mol.